The van der Waals surface area contributed by atoms with Crippen molar-refractivity contribution in [2.75, 3.05) is 65.5 Å². The third kappa shape index (κ3) is 3.31. The van der Waals surface area contributed by atoms with Crippen molar-refractivity contribution < 1.29 is 9.90 Å². The van der Waals surface area contributed by atoms with Crippen molar-refractivity contribution in [1.29, 1.82) is 0 Å². The molecule has 2 aliphatic rings. The van der Waals surface area contributed by atoms with Crippen molar-refractivity contribution >= 4 is 6.03 Å². The summed E-state index contributed by atoms with van der Waals surface area (Å²) in [6.07, 6.45) is 0. The van der Waals surface area contributed by atoms with E-state index in [1.165, 1.54) is 0 Å². The number of β-amino-alcohol motifs (C(OH)–C–C–N with tert-alkyl or cyclic N) is 1. The number of hydrogen-bond donors (Lipinski definition) is 2. The van der Waals surface area contributed by atoms with Crippen LogP contribution >= 0.6 is 0 Å². The number of hydrogen-bond acceptors (Lipinski definition) is 4. The molecule has 6 heteroatoms. The topological polar surface area (TPSA) is 59.1 Å². The van der Waals surface area contributed by atoms with Crippen molar-refractivity contribution in [2.45, 2.75) is 0 Å². The van der Waals surface area contributed by atoms with Gasteiger partial charge < -0.3 is 20.2 Å². The quantitative estimate of drug-likeness (QED) is 0.624. The largest absolute Gasteiger partial charge is 0.395 e. The second-order valence-electron chi connectivity index (χ2n) is 4.57. The summed E-state index contributed by atoms with van der Waals surface area (Å²) >= 11 is 0. The maximum atomic E-state index is 11.9. The van der Waals surface area contributed by atoms with E-state index < -0.39 is 0 Å². The molecule has 17 heavy (non-hydrogen) atoms. The lowest BCUT2D eigenvalue weighted by molar-refractivity contribution is 0.169. The number of amides is 2. The standard InChI is InChI=1S/C11H22N4O2/c16-10-9-15-8-7-14(11(15)17)6-5-13-3-1-12-2-4-13/h12,16H,1-10H2. The van der Waals surface area contributed by atoms with Gasteiger partial charge in [-0.15, -0.1) is 0 Å². The van der Waals surface area contributed by atoms with Crippen LogP contribution < -0.4 is 5.32 Å². The van der Waals surface area contributed by atoms with E-state index in [9.17, 15) is 4.79 Å². The van der Waals surface area contributed by atoms with Crippen LogP contribution in [0.2, 0.25) is 0 Å². The Hall–Kier alpha value is -0.850. The van der Waals surface area contributed by atoms with Gasteiger partial charge in [-0.3, -0.25) is 4.90 Å². The molecule has 2 saturated heterocycles. The molecule has 0 bridgehead atoms. The Morgan fingerprint density at radius 3 is 2.29 bits per heavy atom. The molecule has 2 aliphatic heterocycles. The van der Waals surface area contributed by atoms with Gasteiger partial charge >= 0.3 is 6.03 Å². The van der Waals surface area contributed by atoms with Gasteiger partial charge in [0.25, 0.3) is 0 Å². The Bertz CT molecular complexity index is 256. The number of piperazine rings is 1. The number of carbonyl (C=O) groups is 1. The molecule has 2 rings (SSSR count). The molecular weight excluding hydrogens is 220 g/mol. The normalized spacial score (nSPS) is 22.5. The predicted molar refractivity (Wildman–Crippen MR) is 64.9 cm³/mol. The van der Waals surface area contributed by atoms with Crippen LogP contribution in [0.25, 0.3) is 0 Å². The summed E-state index contributed by atoms with van der Waals surface area (Å²) in [5.74, 6) is 0. The summed E-state index contributed by atoms with van der Waals surface area (Å²) in [7, 11) is 0. The van der Waals surface area contributed by atoms with Crippen LogP contribution in [0.3, 0.4) is 0 Å². The first-order chi connectivity index (χ1) is 8.31. The van der Waals surface area contributed by atoms with Crippen LogP contribution in [-0.4, -0.2) is 91.3 Å². The van der Waals surface area contributed by atoms with Crippen molar-refractivity contribution in [3.63, 3.8) is 0 Å². The number of aliphatic hydroxyl groups is 1. The average Bonchev–Trinajstić information content (AvgIpc) is 2.70. The molecule has 0 aliphatic carbocycles. The highest BCUT2D eigenvalue weighted by Crippen LogP contribution is 2.08. The minimum Gasteiger partial charge on any atom is -0.395 e. The Kier molecular flexibility index (Phi) is 4.58. The zero-order chi connectivity index (χ0) is 12.1. The van der Waals surface area contributed by atoms with E-state index in [4.69, 9.17) is 5.11 Å². The SMILES string of the molecule is O=C1N(CCO)CCN1CCN1CCNCC1. The minimum atomic E-state index is 0.0530. The van der Waals surface area contributed by atoms with Gasteiger partial charge in [0.05, 0.1) is 6.61 Å². The molecular formula is C11H22N4O2. The van der Waals surface area contributed by atoms with Gasteiger partial charge in [0.2, 0.25) is 0 Å². The predicted octanol–water partition coefficient (Wildman–Crippen LogP) is -1.38. The van der Waals surface area contributed by atoms with Crippen molar-refractivity contribution in [2.24, 2.45) is 0 Å². The Morgan fingerprint density at radius 2 is 1.65 bits per heavy atom. The van der Waals surface area contributed by atoms with E-state index in [-0.39, 0.29) is 12.6 Å². The number of carbonyl (C=O) groups excluding carboxylic acids is 1. The molecule has 0 aromatic carbocycles. The van der Waals surface area contributed by atoms with Gasteiger partial charge in [-0.25, -0.2) is 4.79 Å². The second-order valence-corrected chi connectivity index (χ2v) is 4.57. The van der Waals surface area contributed by atoms with E-state index in [2.05, 4.69) is 10.2 Å². The van der Waals surface area contributed by atoms with Gasteiger partial charge in [-0.05, 0) is 0 Å². The van der Waals surface area contributed by atoms with Gasteiger partial charge in [-0.1, -0.05) is 0 Å². The molecule has 0 unspecified atom stereocenters. The first-order valence-electron chi connectivity index (χ1n) is 6.39. The molecule has 2 amide bonds. The summed E-state index contributed by atoms with van der Waals surface area (Å²) in [5.41, 5.74) is 0. The van der Waals surface area contributed by atoms with E-state index in [0.29, 0.717) is 6.54 Å². The average molecular weight is 242 g/mol. The number of nitrogens with one attached hydrogen (secondary N) is 1. The lowest BCUT2D eigenvalue weighted by atomic mass is 10.3. The molecule has 0 atom stereocenters. The Labute approximate surface area is 102 Å². The summed E-state index contributed by atoms with van der Waals surface area (Å²) in [5, 5.41) is 12.2. The first kappa shape index (κ1) is 12.6. The third-order valence-electron chi connectivity index (χ3n) is 3.45. The minimum absolute atomic E-state index is 0.0530. The number of rotatable bonds is 5. The third-order valence-corrected chi connectivity index (χ3v) is 3.45. The Balaban J connectivity index is 1.70. The van der Waals surface area contributed by atoms with Crippen molar-refractivity contribution in [3.05, 3.63) is 0 Å². The van der Waals surface area contributed by atoms with Crippen LogP contribution in [0.5, 0.6) is 0 Å². The fourth-order valence-electron chi connectivity index (χ4n) is 2.37. The molecule has 0 aromatic rings. The van der Waals surface area contributed by atoms with Crippen LogP contribution in [0.1, 0.15) is 0 Å². The highest BCUT2D eigenvalue weighted by Gasteiger charge is 2.27. The smallest absolute Gasteiger partial charge is 0.320 e. The summed E-state index contributed by atoms with van der Waals surface area (Å²) in [6, 6.07) is 0.0779. The fourth-order valence-corrected chi connectivity index (χ4v) is 2.37. The zero-order valence-corrected chi connectivity index (χ0v) is 10.3. The molecule has 0 saturated carbocycles. The maximum absolute atomic E-state index is 11.9. The number of aliphatic hydroxyl groups excluding tert-OH is 1. The molecule has 98 valence electrons. The molecule has 2 N–H and O–H groups in total. The van der Waals surface area contributed by atoms with Crippen LogP contribution in [0.4, 0.5) is 4.79 Å². The lowest BCUT2D eigenvalue weighted by Crippen LogP contribution is -2.46. The summed E-state index contributed by atoms with van der Waals surface area (Å²) in [6.45, 7) is 8.06. The van der Waals surface area contributed by atoms with Crippen LogP contribution in [0.15, 0.2) is 0 Å². The molecule has 6 nitrogen and oxygen atoms in total. The van der Waals surface area contributed by atoms with Crippen LogP contribution in [-0.2, 0) is 0 Å². The molecule has 0 spiro atoms. The van der Waals surface area contributed by atoms with Gasteiger partial charge in [0.1, 0.15) is 0 Å². The monoisotopic (exact) mass is 242 g/mol. The Morgan fingerprint density at radius 1 is 1.00 bits per heavy atom. The van der Waals surface area contributed by atoms with Crippen molar-refractivity contribution in [3.8, 4) is 0 Å². The van der Waals surface area contributed by atoms with Crippen molar-refractivity contribution in [1.82, 2.24) is 20.0 Å². The molecule has 2 fully saturated rings. The highest BCUT2D eigenvalue weighted by atomic mass is 16.3. The number of nitrogens with zero attached hydrogens (tertiary/aromatic N) is 3. The van der Waals surface area contributed by atoms with Crippen LogP contribution in [0, 0.1) is 0 Å². The van der Waals surface area contributed by atoms with Gasteiger partial charge in [0, 0.05) is 58.9 Å². The molecule has 0 radical (unpaired) electrons. The van der Waals surface area contributed by atoms with Gasteiger partial charge in [-0.2, -0.15) is 0 Å². The van der Waals surface area contributed by atoms with E-state index in [1.807, 2.05) is 4.90 Å². The van der Waals surface area contributed by atoms with E-state index >= 15 is 0 Å². The maximum Gasteiger partial charge on any atom is 0.320 e. The number of urea groups is 1. The highest BCUT2D eigenvalue weighted by molar-refractivity contribution is 5.76. The second kappa shape index (κ2) is 6.18. The van der Waals surface area contributed by atoms with E-state index in [1.54, 1.807) is 4.90 Å². The molecule has 2 heterocycles. The lowest BCUT2D eigenvalue weighted by Gasteiger charge is -2.28. The van der Waals surface area contributed by atoms with Gasteiger partial charge in [0.15, 0.2) is 0 Å². The fraction of sp³-hybridized carbons (Fsp3) is 0.909. The summed E-state index contributed by atoms with van der Waals surface area (Å²) < 4.78 is 0. The molecule has 0 aromatic heterocycles. The summed E-state index contributed by atoms with van der Waals surface area (Å²) in [4.78, 5) is 17.9. The zero-order valence-electron chi connectivity index (χ0n) is 10.3. The first-order valence-corrected chi connectivity index (χ1v) is 6.39. The van der Waals surface area contributed by atoms with E-state index in [0.717, 1.165) is 52.4 Å².